The molecule has 0 spiro atoms. The fraction of sp³-hybridized carbons (Fsp3) is 0. The summed E-state index contributed by atoms with van der Waals surface area (Å²) in [6, 6.07) is 15.7. The molecule has 0 amide bonds. The number of fused-ring (bicyclic) bond motifs is 1. The van der Waals surface area contributed by atoms with E-state index in [1.54, 1.807) is 0 Å². The van der Waals surface area contributed by atoms with E-state index in [-0.39, 0.29) is 63.5 Å². The monoisotopic (exact) mass is 592 g/mol. The molecular weight excluding hydrogens is 578 g/mol. The number of azo groups is 2. The Morgan fingerprint density at radius 1 is 0.595 bits per heavy atom. The van der Waals surface area contributed by atoms with Gasteiger partial charge in [-0.25, -0.2) is 0 Å². The number of hydrogen-bond donors (Lipinski definition) is 4. The molecule has 4 aromatic carbocycles. The second-order valence-corrected chi connectivity index (χ2v) is 10.2. The smallest absolute Gasteiger partial charge is 0.294 e. The fourth-order valence-corrected chi connectivity index (χ4v) is 4.17. The predicted molar refractivity (Wildman–Crippen MR) is 128 cm³/mol. The van der Waals surface area contributed by atoms with Crippen molar-refractivity contribution in [2.45, 2.75) is 9.79 Å². The van der Waals surface area contributed by atoms with Crippen molar-refractivity contribution in [3.8, 4) is 11.5 Å². The number of nitrogens with zero attached hydrogens (tertiary/aromatic N) is 4. The van der Waals surface area contributed by atoms with E-state index in [0.29, 0.717) is 10.8 Å². The summed E-state index contributed by atoms with van der Waals surface area (Å²) < 4.78 is 63.6. The Morgan fingerprint density at radius 2 is 1.24 bits per heavy atom. The Morgan fingerprint density at radius 3 is 1.89 bits per heavy atom. The first-order chi connectivity index (χ1) is 16.9. The third kappa shape index (κ3) is 6.58. The van der Waals surface area contributed by atoms with Crippen molar-refractivity contribution in [3.63, 3.8) is 0 Å². The molecule has 0 atom stereocenters. The van der Waals surface area contributed by atoms with Crippen LogP contribution < -0.4 is 0 Å². The van der Waals surface area contributed by atoms with Crippen LogP contribution in [-0.4, -0.2) is 36.2 Å². The molecule has 4 aromatic rings. The van der Waals surface area contributed by atoms with Crippen molar-refractivity contribution in [3.05, 3.63) is 72.8 Å². The van der Waals surface area contributed by atoms with E-state index >= 15 is 0 Å². The fourth-order valence-electron chi connectivity index (χ4n) is 3.13. The van der Waals surface area contributed by atoms with E-state index in [1.165, 1.54) is 60.7 Å². The van der Waals surface area contributed by atoms with Gasteiger partial charge in [-0.1, -0.05) is 18.2 Å². The van der Waals surface area contributed by atoms with E-state index < -0.39 is 20.2 Å². The van der Waals surface area contributed by atoms with E-state index in [2.05, 4.69) is 20.5 Å². The summed E-state index contributed by atoms with van der Waals surface area (Å²) in [5.74, 6) is -0.571. The summed E-state index contributed by atoms with van der Waals surface area (Å²) >= 11 is 0. The van der Waals surface area contributed by atoms with Crippen molar-refractivity contribution in [1.29, 1.82) is 0 Å². The molecule has 0 saturated carbocycles. The molecule has 0 aromatic heterocycles. The van der Waals surface area contributed by atoms with Gasteiger partial charge in [-0.3, -0.25) is 9.11 Å². The first-order valence-corrected chi connectivity index (χ1v) is 12.8. The summed E-state index contributed by atoms with van der Waals surface area (Å²) in [4.78, 5) is -0.667. The topological polar surface area (TPSA) is 199 Å². The maximum absolute atomic E-state index is 11.4. The zero-order chi connectivity index (χ0) is 26.1. The summed E-state index contributed by atoms with van der Waals surface area (Å²) in [6.07, 6.45) is 0. The van der Waals surface area contributed by atoms with Crippen LogP contribution in [0.4, 0.5) is 22.7 Å². The van der Waals surface area contributed by atoms with Crippen LogP contribution in [-0.2, 0) is 39.7 Å². The average Bonchev–Trinajstić information content (AvgIpc) is 2.82. The molecule has 37 heavy (non-hydrogen) atoms. The number of phenolic OH excluding ortho intramolecular Hbond substituents is 2. The van der Waals surface area contributed by atoms with Crippen molar-refractivity contribution in [1.82, 2.24) is 0 Å². The number of benzene rings is 4. The normalized spacial score (nSPS) is 12.3. The molecule has 0 fully saturated rings. The largest absolute Gasteiger partial charge is 0.506 e. The Bertz CT molecular complexity index is 1780. The van der Waals surface area contributed by atoms with E-state index in [0.717, 1.165) is 12.1 Å². The maximum atomic E-state index is 11.4. The van der Waals surface area contributed by atoms with Crippen LogP contribution in [0.2, 0.25) is 0 Å². The number of rotatable bonds is 6. The van der Waals surface area contributed by atoms with Gasteiger partial charge in [-0.2, -0.15) is 27.1 Å². The number of phenols is 2. The molecule has 0 heterocycles. The summed E-state index contributed by atoms with van der Waals surface area (Å²) in [6.45, 7) is 0. The minimum absolute atomic E-state index is 0. The quantitative estimate of drug-likeness (QED) is 0.126. The van der Waals surface area contributed by atoms with Crippen LogP contribution in [0.1, 0.15) is 0 Å². The number of aromatic hydroxyl groups is 2. The first-order valence-electron chi connectivity index (χ1n) is 9.89. The second kappa shape index (κ2) is 10.8. The van der Waals surface area contributed by atoms with E-state index in [4.69, 9.17) is 4.55 Å². The Hall–Kier alpha value is -3.62. The van der Waals surface area contributed by atoms with Gasteiger partial charge in [0.15, 0.2) is 0 Å². The van der Waals surface area contributed by atoms with Gasteiger partial charge in [0.25, 0.3) is 20.2 Å². The summed E-state index contributed by atoms with van der Waals surface area (Å²) in [5, 5.41) is 36.9. The molecule has 0 aliphatic heterocycles. The van der Waals surface area contributed by atoms with E-state index in [1.807, 2.05) is 0 Å². The second-order valence-electron chi connectivity index (χ2n) is 7.34. The molecule has 0 aliphatic rings. The maximum Gasteiger partial charge on any atom is 0.294 e. The molecule has 186 valence electrons. The van der Waals surface area contributed by atoms with Crippen LogP contribution >= 0.6 is 0 Å². The summed E-state index contributed by atoms with van der Waals surface area (Å²) in [7, 11) is -8.81. The third-order valence-electron chi connectivity index (χ3n) is 4.85. The van der Waals surface area contributed by atoms with Crippen LogP contribution in [0.5, 0.6) is 11.5 Å². The molecule has 0 unspecified atom stereocenters. The summed E-state index contributed by atoms with van der Waals surface area (Å²) in [5.41, 5.74) is 0.385. The zero-order valence-electron chi connectivity index (χ0n) is 18.7. The predicted octanol–water partition coefficient (Wildman–Crippen LogP) is 5.57. The van der Waals surface area contributed by atoms with Crippen molar-refractivity contribution < 1.29 is 55.6 Å². The van der Waals surface area contributed by atoms with Crippen LogP contribution in [0.25, 0.3) is 10.8 Å². The molecule has 12 nitrogen and oxygen atoms in total. The van der Waals surface area contributed by atoms with Gasteiger partial charge in [0.05, 0.1) is 21.2 Å². The van der Waals surface area contributed by atoms with E-state index in [9.17, 15) is 31.6 Å². The molecule has 0 bridgehead atoms. The van der Waals surface area contributed by atoms with Gasteiger partial charge in [-0.15, -0.1) is 10.2 Å². The Labute approximate surface area is 223 Å². The van der Waals surface area contributed by atoms with Crippen molar-refractivity contribution in [2.75, 3.05) is 0 Å². The molecule has 0 radical (unpaired) electrons. The molecular formula is C22H16N4O8S2Zn. The van der Waals surface area contributed by atoms with Gasteiger partial charge in [0.1, 0.15) is 22.9 Å². The Balaban J connectivity index is 0.00000380. The standard InChI is InChI=1S/C22H16N4O8S2.Zn/c27-20-9-4-13-10-17(36(32,33)34)6-7-18(13)22(20)26-25-19-8-5-15(12-21(19)28)24-23-14-2-1-3-16(11-14)35(29,30)31;/h1-12,27-28H,(H,29,30,31)(H,32,33,34);. The third-order valence-corrected chi connectivity index (χ3v) is 6.55. The Kier molecular flexibility index (Phi) is 8.15. The minimum Gasteiger partial charge on any atom is -0.506 e. The van der Waals surface area contributed by atoms with Crippen molar-refractivity contribution >= 4 is 53.8 Å². The van der Waals surface area contributed by atoms with Gasteiger partial charge in [0.2, 0.25) is 0 Å². The average molecular weight is 594 g/mol. The number of hydrogen-bond acceptors (Lipinski definition) is 10. The SMILES string of the molecule is O=S(=O)(O)c1cccc(N=Nc2ccc(N=Nc3c(O)ccc4cc(S(=O)(=O)O)ccc34)c(O)c2)c1.[Zn]. The van der Waals surface area contributed by atoms with Crippen molar-refractivity contribution in [2.24, 2.45) is 20.5 Å². The van der Waals surface area contributed by atoms with Gasteiger partial charge >= 0.3 is 0 Å². The minimum atomic E-state index is -4.42. The zero-order valence-corrected chi connectivity index (χ0v) is 23.3. The van der Waals surface area contributed by atoms with Gasteiger partial charge < -0.3 is 10.2 Å². The molecule has 0 aliphatic carbocycles. The molecule has 15 heteroatoms. The molecule has 0 saturated heterocycles. The van der Waals surface area contributed by atoms with Crippen LogP contribution in [0, 0.1) is 0 Å². The van der Waals surface area contributed by atoms with Crippen LogP contribution in [0.3, 0.4) is 0 Å². The molecule has 4 rings (SSSR count). The first kappa shape index (κ1) is 28.0. The molecule has 4 N–H and O–H groups in total. The van der Waals surface area contributed by atoms with Crippen LogP contribution in [0.15, 0.2) is 103 Å². The van der Waals surface area contributed by atoms with Gasteiger partial charge in [-0.05, 0) is 53.9 Å². The van der Waals surface area contributed by atoms with Gasteiger partial charge in [0, 0.05) is 30.9 Å².